The molecule has 0 saturated carbocycles. The Morgan fingerprint density at radius 1 is 0.800 bits per heavy atom. The molecule has 0 spiro atoms. The lowest BCUT2D eigenvalue weighted by Gasteiger charge is -2.35. The van der Waals surface area contributed by atoms with Crippen LogP contribution in [0.2, 0.25) is 0 Å². The predicted molar refractivity (Wildman–Crippen MR) is 131 cm³/mol. The van der Waals surface area contributed by atoms with Crippen molar-refractivity contribution in [3.63, 3.8) is 0 Å². The average Bonchev–Trinajstić information content (AvgIpc) is 2.85. The summed E-state index contributed by atoms with van der Waals surface area (Å²) >= 11 is 0. The summed E-state index contributed by atoms with van der Waals surface area (Å²) in [6, 6.07) is 17.3. The fraction of sp³-hybridized carbons (Fsp3) is 0.231. The fourth-order valence-electron chi connectivity index (χ4n) is 3.92. The molecule has 3 aromatic carbocycles. The molecule has 7 nitrogen and oxygen atoms in total. The zero-order valence-corrected chi connectivity index (χ0v) is 20.3. The molecule has 1 saturated heterocycles. The minimum atomic E-state index is -3.88. The maximum absolute atomic E-state index is 13.8. The first-order valence-electron chi connectivity index (χ1n) is 11.2. The largest absolute Gasteiger partial charge is 0.335 e. The van der Waals surface area contributed by atoms with Gasteiger partial charge in [-0.1, -0.05) is 24.3 Å². The number of carbonyl (C=O) groups is 2. The van der Waals surface area contributed by atoms with E-state index in [1.54, 1.807) is 53.1 Å². The molecule has 0 atom stereocenters. The molecule has 2 amide bonds. The number of sulfonamides is 1. The van der Waals surface area contributed by atoms with Crippen molar-refractivity contribution in [2.24, 2.45) is 0 Å². The molecule has 1 aliphatic rings. The van der Waals surface area contributed by atoms with Crippen molar-refractivity contribution in [1.29, 1.82) is 0 Å². The Morgan fingerprint density at radius 2 is 1.40 bits per heavy atom. The van der Waals surface area contributed by atoms with Gasteiger partial charge in [0.25, 0.3) is 21.8 Å². The number of benzene rings is 3. The number of piperazine rings is 1. The highest BCUT2D eigenvalue weighted by Gasteiger charge is 2.26. The number of hydrogen-bond acceptors (Lipinski definition) is 4. The van der Waals surface area contributed by atoms with Crippen LogP contribution < -0.4 is 4.72 Å². The number of anilines is 1. The second kappa shape index (κ2) is 9.87. The average molecular weight is 496 g/mol. The Hall–Kier alpha value is -3.72. The SMILES string of the molecule is Cc1cccc(NS(=O)(=O)c2cccc(C(=O)N3CCN(C(=O)c4ccc(C)c(F)c4)CC3)c2)c1. The molecule has 182 valence electrons. The van der Waals surface area contributed by atoms with Crippen LogP contribution in [0.4, 0.5) is 10.1 Å². The monoisotopic (exact) mass is 495 g/mol. The summed E-state index contributed by atoms with van der Waals surface area (Å²) in [7, 11) is -3.88. The van der Waals surface area contributed by atoms with Crippen molar-refractivity contribution in [2.45, 2.75) is 18.7 Å². The highest BCUT2D eigenvalue weighted by molar-refractivity contribution is 7.92. The highest BCUT2D eigenvalue weighted by Crippen LogP contribution is 2.20. The summed E-state index contributed by atoms with van der Waals surface area (Å²) in [5, 5.41) is 0. The Balaban J connectivity index is 1.43. The Morgan fingerprint density at radius 3 is 2.00 bits per heavy atom. The van der Waals surface area contributed by atoms with Crippen molar-refractivity contribution in [2.75, 3.05) is 30.9 Å². The number of halogens is 1. The molecule has 0 bridgehead atoms. The molecule has 35 heavy (non-hydrogen) atoms. The number of rotatable bonds is 5. The normalized spacial score (nSPS) is 14.0. The second-order valence-electron chi connectivity index (χ2n) is 8.55. The van der Waals surface area contributed by atoms with Gasteiger partial charge in [-0.15, -0.1) is 0 Å². The van der Waals surface area contributed by atoms with Crippen LogP contribution in [-0.2, 0) is 10.0 Å². The van der Waals surface area contributed by atoms with Crippen LogP contribution in [0.15, 0.2) is 71.6 Å². The van der Waals surface area contributed by atoms with Crippen molar-refractivity contribution in [3.8, 4) is 0 Å². The molecule has 0 aromatic heterocycles. The number of amides is 2. The molecule has 1 aliphatic heterocycles. The van der Waals surface area contributed by atoms with E-state index in [1.165, 1.54) is 24.3 Å². The molecule has 1 heterocycles. The third-order valence-electron chi connectivity index (χ3n) is 5.93. The molecular formula is C26H26FN3O4S. The van der Waals surface area contributed by atoms with Crippen LogP contribution in [0.5, 0.6) is 0 Å². The van der Waals surface area contributed by atoms with Gasteiger partial charge in [0.15, 0.2) is 0 Å². The quantitative estimate of drug-likeness (QED) is 0.583. The lowest BCUT2D eigenvalue weighted by atomic mass is 10.1. The van der Waals surface area contributed by atoms with Gasteiger partial charge in [-0.2, -0.15) is 0 Å². The third-order valence-corrected chi connectivity index (χ3v) is 7.31. The molecule has 1 N–H and O–H groups in total. The van der Waals surface area contributed by atoms with Crippen LogP contribution in [0.1, 0.15) is 31.8 Å². The van der Waals surface area contributed by atoms with E-state index in [0.717, 1.165) is 5.56 Å². The van der Waals surface area contributed by atoms with Gasteiger partial charge in [0.05, 0.1) is 4.90 Å². The third kappa shape index (κ3) is 5.51. The number of hydrogen-bond donors (Lipinski definition) is 1. The summed E-state index contributed by atoms with van der Waals surface area (Å²) in [6.07, 6.45) is 0. The first-order valence-corrected chi connectivity index (χ1v) is 12.7. The molecular weight excluding hydrogens is 469 g/mol. The first-order chi connectivity index (χ1) is 16.6. The summed E-state index contributed by atoms with van der Waals surface area (Å²) in [4.78, 5) is 28.9. The second-order valence-corrected chi connectivity index (χ2v) is 10.2. The van der Waals surface area contributed by atoms with Crippen LogP contribution in [0, 0.1) is 19.7 Å². The van der Waals surface area contributed by atoms with Gasteiger partial charge in [-0.25, -0.2) is 12.8 Å². The Kier molecular flexibility index (Phi) is 6.88. The van der Waals surface area contributed by atoms with E-state index in [2.05, 4.69) is 4.72 Å². The molecule has 4 rings (SSSR count). The standard InChI is InChI=1S/C26H26FN3O4S/c1-18-5-3-7-22(15-18)28-35(33,34)23-8-4-6-20(16-23)25(31)29-11-13-30(14-12-29)26(32)21-10-9-19(2)24(27)17-21/h3-10,15-17,28H,11-14H2,1-2H3. The zero-order valence-electron chi connectivity index (χ0n) is 19.5. The maximum Gasteiger partial charge on any atom is 0.261 e. The van der Waals surface area contributed by atoms with E-state index in [0.29, 0.717) is 24.3 Å². The lowest BCUT2D eigenvalue weighted by Crippen LogP contribution is -2.50. The minimum Gasteiger partial charge on any atom is -0.335 e. The van der Waals surface area contributed by atoms with Crippen molar-refractivity contribution in [1.82, 2.24) is 9.80 Å². The predicted octanol–water partition coefficient (Wildman–Crippen LogP) is 3.84. The van der Waals surface area contributed by atoms with Gasteiger partial charge in [0, 0.05) is 43.0 Å². The van der Waals surface area contributed by atoms with Crippen LogP contribution >= 0.6 is 0 Å². The van der Waals surface area contributed by atoms with Crippen LogP contribution in [0.25, 0.3) is 0 Å². The molecule has 1 fully saturated rings. The summed E-state index contributed by atoms with van der Waals surface area (Å²) in [5.41, 5.74) is 2.34. The summed E-state index contributed by atoms with van der Waals surface area (Å²) in [5.74, 6) is -1.03. The van der Waals surface area contributed by atoms with E-state index in [-0.39, 0.29) is 40.9 Å². The number of carbonyl (C=O) groups excluding carboxylic acids is 2. The van der Waals surface area contributed by atoms with Gasteiger partial charge < -0.3 is 9.80 Å². The van der Waals surface area contributed by atoms with Crippen LogP contribution in [-0.4, -0.2) is 56.2 Å². The molecule has 0 unspecified atom stereocenters. The lowest BCUT2D eigenvalue weighted by molar-refractivity contribution is 0.0535. The van der Waals surface area contributed by atoms with E-state index in [1.807, 2.05) is 13.0 Å². The number of nitrogens with zero attached hydrogens (tertiary/aromatic N) is 2. The fourth-order valence-corrected chi connectivity index (χ4v) is 5.02. The highest BCUT2D eigenvalue weighted by atomic mass is 32.2. The van der Waals surface area contributed by atoms with E-state index in [9.17, 15) is 22.4 Å². The van der Waals surface area contributed by atoms with Gasteiger partial charge in [-0.05, 0) is 67.4 Å². The van der Waals surface area contributed by atoms with Gasteiger partial charge in [0.1, 0.15) is 5.82 Å². The van der Waals surface area contributed by atoms with Crippen molar-refractivity contribution >= 4 is 27.5 Å². The molecule has 0 aliphatic carbocycles. The van der Waals surface area contributed by atoms with Crippen molar-refractivity contribution < 1.29 is 22.4 Å². The maximum atomic E-state index is 13.8. The molecule has 3 aromatic rings. The van der Waals surface area contributed by atoms with Gasteiger partial charge >= 0.3 is 0 Å². The number of aryl methyl sites for hydroxylation is 2. The van der Waals surface area contributed by atoms with Crippen LogP contribution in [0.3, 0.4) is 0 Å². The van der Waals surface area contributed by atoms with E-state index >= 15 is 0 Å². The van der Waals surface area contributed by atoms with Gasteiger partial charge in [0.2, 0.25) is 0 Å². The molecule has 9 heteroatoms. The van der Waals surface area contributed by atoms with Crippen molar-refractivity contribution in [3.05, 3.63) is 94.8 Å². The number of nitrogens with one attached hydrogen (secondary N) is 1. The molecule has 0 radical (unpaired) electrons. The minimum absolute atomic E-state index is 0.0138. The zero-order chi connectivity index (χ0) is 25.2. The topological polar surface area (TPSA) is 86.8 Å². The summed E-state index contributed by atoms with van der Waals surface area (Å²) in [6.45, 7) is 4.67. The first kappa shape index (κ1) is 24.4. The van der Waals surface area contributed by atoms with E-state index in [4.69, 9.17) is 0 Å². The summed E-state index contributed by atoms with van der Waals surface area (Å²) < 4.78 is 42.1. The van der Waals surface area contributed by atoms with E-state index < -0.39 is 15.8 Å². The Bertz CT molecular complexity index is 1380. The smallest absolute Gasteiger partial charge is 0.261 e. The van der Waals surface area contributed by atoms with Gasteiger partial charge in [-0.3, -0.25) is 14.3 Å². The Labute approximate surface area is 204 Å².